The number of nitrogens with two attached hydrogens (primary N) is 1. The summed E-state index contributed by atoms with van der Waals surface area (Å²) in [6, 6.07) is -4.30. The van der Waals surface area contributed by atoms with Crippen molar-refractivity contribution < 1.29 is 34.2 Å². The maximum Gasteiger partial charge on any atom is 0.325 e. The van der Waals surface area contributed by atoms with Crippen molar-refractivity contribution >= 4 is 41.4 Å². The molecule has 11 nitrogen and oxygen atoms in total. The number of thioether (sulfide) groups is 1. The van der Waals surface area contributed by atoms with Gasteiger partial charge in [0.2, 0.25) is 17.7 Å². The van der Waals surface area contributed by atoms with Crippen molar-refractivity contribution in [3.8, 4) is 0 Å². The fraction of sp³-hybridized carbons (Fsp3) is 0.722. The predicted molar refractivity (Wildman–Crippen MR) is 112 cm³/mol. The van der Waals surface area contributed by atoms with E-state index in [2.05, 4.69) is 16.0 Å². The number of rotatable bonds is 14. The Balaban J connectivity index is 5.36. The lowest BCUT2D eigenvalue weighted by Crippen LogP contribution is -2.57. The van der Waals surface area contributed by atoms with E-state index in [1.807, 2.05) is 6.26 Å². The molecule has 3 amide bonds. The average molecular weight is 449 g/mol. The summed E-state index contributed by atoms with van der Waals surface area (Å²) in [5, 5.41) is 25.0. The van der Waals surface area contributed by atoms with Gasteiger partial charge in [0.15, 0.2) is 0 Å². The van der Waals surface area contributed by atoms with Gasteiger partial charge in [-0.25, -0.2) is 0 Å². The van der Waals surface area contributed by atoms with Crippen LogP contribution in [0.25, 0.3) is 0 Å². The van der Waals surface area contributed by atoms with Crippen molar-refractivity contribution in [1.29, 1.82) is 0 Å². The van der Waals surface area contributed by atoms with Crippen LogP contribution in [0.1, 0.15) is 40.0 Å². The van der Waals surface area contributed by atoms with Gasteiger partial charge in [0.05, 0.1) is 6.04 Å². The molecule has 0 spiro atoms. The van der Waals surface area contributed by atoms with E-state index in [9.17, 15) is 24.0 Å². The van der Waals surface area contributed by atoms with Crippen LogP contribution in [0.4, 0.5) is 0 Å². The minimum absolute atomic E-state index is 0.152. The van der Waals surface area contributed by atoms with E-state index in [1.165, 1.54) is 18.7 Å². The largest absolute Gasteiger partial charge is 0.481 e. The topological polar surface area (TPSA) is 188 Å². The van der Waals surface area contributed by atoms with Gasteiger partial charge in [0, 0.05) is 6.42 Å². The second-order valence-electron chi connectivity index (χ2n) is 7.17. The second-order valence-corrected chi connectivity index (χ2v) is 8.16. The molecule has 4 unspecified atom stereocenters. The van der Waals surface area contributed by atoms with Crippen LogP contribution in [-0.2, 0) is 24.0 Å². The Morgan fingerprint density at radius 3 is 1.83 bits per heavy atom. The van der Waals surface area contributed by atoms with Gasteiger partial charge in [-0.1, -0.05) is 13.8 Å². The Hall–Kier alpha value is -2.34. The number of carboxylic acid groups (broad SMARTS) is 2. The number of amides is 3. The minimum Gasteiger partial charge on any atom is -0.481 e. The molecule has 0 radical (unpaired) electrons. The van der Waals surface area contributed by atoms with E-state index >= 15 is 0 Å². The van der Waals surface area contributed by atoms with Crippen molar-refractivity contribution in [3.05, 3.63) is 0 Å². The third kappa shape index (κ3) is 10.4. The number of carbonyl (C=O) groups is 5. The third-order valence-electron chi connectivity index (χ3n) is 4.27. The highest BCUT2D eigenvalue weighted by molar-refractivity contribution is 7.98. The van der Waals surface area contributed by atoms with Crippen molar-refractivity contribution in [2.75, 3.05) is 12.0 Å². The van der Waals surface area contributed by atoms with E-state index in [0.29, 0.717) is 5.75 Å². The molecule has 7 N–H and O–H groups in total. The van der Waals surface area contributed by atoms with Crippen LogP contribution in [0.15, 0.2) is 0 Å². The first-order chi connectivity index (χ1) is 13.9. The molecule has 0 aromatic carbocycles. The summed E-state index contributed by atoms with van der Waals surface area (Å²) in [6.07, 6.45) is 1.43. The maximum absolute atomic E-state index is 12.7. The number of nitrogens with one attached hydrogen (secondary N) is 3. The highest BCUT2D eigenvalue weighted by Gasteiger charge is 2.30. The second kappa shape index (κ2) is 13.8. The lowest BCUT2D eigenvalue weighted by Gasteiger charge is -2.25. The lowest BCUT2D eigenvalue weighted by molar-refractivity contribution is -0.142. The van der Waals surface area contributed by atoms with E-state index < -0.39 is 60.2 Å². The molecule has 0 aliphatic rings. The molecule has 0 aromatic heterocycles. The Bertz CT molecular complexity index is 630. The molecule has 30 heavy (non-hydrogen) atoms. The molecule has 0 aliphatic carbocycles. The fourth-order valence-corrected chi connectivity index (χ4v) is 2.73. The van der Waals surface area contributed by atoms with Gasteiger partial charge in [0.1, 0.15) is 18.1 Å². The number of hydrogen-bond donors (Lipinski definition) is 6. The number of aliphatic carboxylic acids is 2. The molecule has 4 atom stereocenters. The quantitative estimate of drug-likeness (QED) is 0.197. The zero-order valence-electron chi connectivity index (χ0n) is 17.6. The maximum atomic E-state index is 12.7. The molecule has 0 fully saturated rings. The van der Waals surface area contributed by atoms with Crippen LogP contribution in [0.3, 0.4) is 0 Å². The molecule has 0 heterocycles. The first-order valence-corrected chi connectivity index (χ1v) is 10.9. The van der Waals surface area contributed by atoms with E-state index in [-0.39, 0.29) is 18.8 Å². The van der Waals surface area contributed by atoms with Gasteiger partial charge in [-0.3, -0.25) is 24.0 Å². The SMILES string of the molecule is CSCCC(NC(=O)C(N)C(C)C)C(=O)NC(CCC(=O)O)C(=O)NC(C)C(=O)O. The van der Waals surface area contributed by atoms with E-state index in [4.69, 9.17) is 15.9 Å². The summed E-state index contributed by atoms with van der Waals surface area (Å²) in [7, 11) is 0. The van der Waals surface area contributed by atoms with Gasteiger partial charge in [-0.15, -0.1) is 0 Å². The van der Waals surface area contributed by atoms with Gasteiger partial charge in [-0.05, 0) is 37.7 Å². The summed E-state index contributed by atoms with van der Waals surface area (Å²) in [5.74, 6) is -4.09. The summed E-state index contributed by atoms with van der Waals surface area (Å²) < 4.78 is 0. The molecule has 172 valence electrons. The van der Waals surface area contributed by atoms with Crippen molar-refractivity contribution in [2.24, 2.45) is 11.7 Å². The number of hydrogen-bond acceptors (Lipinski definition) is 7. The van der Waals surface area contributed by atoms with Crippen molar-refractivity contribution in [3.63, 3.8) is 0 Å². The van der Waals surface area contributed by atoms with E-state index in [1.54, 1.807) is 13.8 Å². The fourth-order valence-electron chi connectivity index (χ4n) is 2.26. The van der Waals surface area contributed by atoms with Crippen LogP contribution < -0.4 is 21.7 Å². The van der Waals surface area contributed by atoms with Gasteiger partial charge in [-0.2, -0.15) is 11.8 Å². The molecule has 0 saturated carbocycles. The van der Waals surface area contributed by atoms with Crippen LogP contribution in [-0.4, -0.2) is 76.0 Å². The number of carboxylic acids is 2. The first-order valence-electron chi connectivity index (χ1n) is 9.50. The summed E-state index contributed by atoms with van der Waals surface area (Å²) in [4.78, 5) is 59.2. The molecule has 0 saturated heterocycles. The smallest absolute Gasteiger partial charge is 0.325 e. The number of carbonyl (C=O) groups excluding carboxylic acids is 3. The van der Waals surface area contributed by atoms with Gasteiger partial charge >= 0.3 is 11.9 Å². The zero-order chi connectivity index (χ0) is 23.4. The highest BCUT2D eigenvalue weighted by atomic mass is 32.2. The molecule has 0 aromatic rings. The van der Waals surface area contributed by atoms with Crippen LogP contribution >= 0.6 is 11.8 Å². The molecule has 0 rings (SSSR count). The standard InChI is InChI=1S/C18H32N4O7S/c1-9(2)14(19)17(27)22-12(7-8-30-4)16(26)21-11(5-6-13(23)24)15(25)20-10(3)18(28)29/h9-12,14H,5-8,19H2,1-4H3,(H,20,25)(H,21,26)(H,22,27)(H,23,24)(H,28,29). The average Bonchev–Trinajstić information content (AvgIpc) is 2.66. The highest BCUT2D eigenvalue weighted by Crippen LogP contribution is 2.06. The normalized spacial score (nSPS) is 14.9. The van der Waals surface area contributed by atoms with E-state index in [0.717, 1.165) is 0 Å². The molecular weight excluding hydrogens is 416 g/mol. The lowest BCUT2D eigenvalue weighted by atomic mass is 10.0. The molecule has 0 aliphatic heterocycles. The zero-order valence-corrected chi connectivity index (χ0v) is 18.5. The first kappa shape index (κ1) is 27.7. The summed E-state index contributed by atoms with van der Waals surface area (Å²) in [5.41, 5.74) is 5.82. The summed E-state index contributed by atoms with van der Waals surface area (Å²) in [6.45, 7) is 4.76. The van der Waals surface area contributed by atoms with Gasteiger partial charge in [0.25, 0.3) is 0 Å². The Morgan fingerprint density at radius 1 is 0.867 bits per heavy atom. The molecule has 12 heteroatoms. The Kier molecular flexibility index (Phi) is 12.7. The van der Waals surface area contributed by atoms with Crippen LogP contribution in [0.2, 0.25) is 0 Å². The Labute approximate surface area is 179 Å². The third-order valence-corrected chi connectivity index (χ3v) is 4.92. The summed E-state index contributed by atoms with van der Waals surface area (Å²) >= 11 is 1.46. The molecule has 0 bridgehead atoms. The predicted octanol–water partition coefficient (Wildman–Crippen LogP) is -0.853. The van der Waals surface area contributed by atoms with Crippen molar-refractivity contribution in [1.82, 2.24) is 16.0 Å². The van der Waals surface area contributed by atoms with Crippen LogP contribution in [0, 0.1) is 5.92 Å². The minimum atomic E-state index is -1.28. The molecular formula is C18H32N4O7S. The Morgan fingerprint density at radius 2 is 1.37 bits per heavy atom. The monoisotopic (exact) mass is 448 g/mol. The van der Waals surface area contributed by atoms with Crippen molar-refractivity contribution in [2.45, 2.75) is 64.2 Å². The van der Waals surface area contributed by atoms with Gasteiger partial charge < -0.3 is 31.9 Å². The van der Waals surface area contributed by atoms with Crippen LogP contribution in [0.5, 0.6) is 0 Å².